The predicted octanol–water partition coefficient (Wildman–Crippen LogP) is 3.39. The van der Waals surface area contributed by atoms with Gasteiger partial charge in [0, 0.05) is 17.3 Å². The highest BCUT2D eigenvalue weighted by atomic mass is 32.1. The van der Waals surface area contributed by atoms with Gasteiger partial charge >= 0.3 is 0 Å². The van der Waals surface area contributed by atoms with Crippen LogP contribution in [0, 0.1) is 5.41 Å². The summed E-state index contributed by atoms with van der Waals surface area (Å²) < 4.78 is 0. The van der Waals surface area contributed by atoms with Gasteiger partial charge in [-0.25, -0.2) is 4.98 Å². The molecule has 0 aromatic carbocycles. The highest BCUT2D eigenvalue weighted by Gasteiger charge is 2.44. The number of hydrogen-bond donors (Lipinski definition) is 1. The number of aliphatic hydroxyl groups is 1. The van der Waals surface area contributed by atoms with E-state index in [0.29, 0.717) is 5.92 Å². The summed E-state index contributed by atoms with van der Waals surface area (Å²) in [6.45, 7) is 7.58. The molecule has 112 valence electrons. The Bertz CT molecular complexity index is 459. The van der Waals surface area contributed by atoms with Gasteiger partial charge in [0.1, 0.15) is 5.01 Å². The predicted molar refractivity (Wildman–Crippen MR) is 83.0 cm³/mol. The van der Waals surface area contributed by atoms with Gasteiger partial charge in [0.25, 0.3) is 0 Å². The van der Waals surface area contributed by atoms with Crippen molar-refractivity contribution in [2.45, 2.75) is 64.5 Å². The molecular weight excluding hydrogens is 268 g/mol. The highest BCUT2D eigenvalue weighted by Crippen LogP contribution is 2.45. The summed E-state index contributed by atoms with van der Waals surface area (Å²) in [6.07, 6.45) is 5.76. The number of nitrogens with zero attached hydrogens (tertiary/aromatic N) is 2. The molecule has 0 amide bonds. The van der Waals surface area contributed by atoms with Crippen molar-refractivity contribution in [2.24, 2.45) is 5.41 Å². The van der Waals surface area contributed by atoms with Crippen LogP contribution in [0.2, 0.25) is 0 Å². The molecule has 4 heteroatoms. The summed E-state index contributed by atoms with van der Waals surface area (Å²) in [4.78, 5) is 7.27. The topological polar surface area (TPSA) is 36.4 Å². The van der Waals surface area contributed by atoms with Crippen LogP contribution >= 0.6 is 11.3 Å². The second kappa shape index (κ2) is 5.74. The summed E-state index contributed by atoms with van der Waals surface area (Å²) in [5.74, 6) is 0.518. The van der Waals surface area contributed by atoms with E-state index < -0.39 is 0 Å². The van der Waals surface area contributed by atoms with E-state index in [4.69, 9.17) is 4.98 Å². The van der Waals surface area contributed by atoms with E-state index >= 15 is 0 Å². The van der Waals surface area contributed by atoms with E-state index in [0.717, 1.165) is 26.1 Å². The third kappa shape index (κ3) is 2.78. The zero-order chi connectivity index (χ0) is 14.2. The molecule has 1 aliphatic heterocycles. The Morgan fingerprint density at radius 3 is 2.90 bits per heavy atom. The van der Waals surface area contributed by atoms with Crippen LogP contribution in [-0.4, -0.2) is 34.2 Å². The van der Waals surface area contributed by atoms with Crippen molar-refractivity contribution in [1.29, 1.82) is 0 Å². The molecule has 1 saturated heterocycles. The molecular formula is C16H26N2OS. The molecule has 3 nitrogen and oxygen atoms in total. The van der Waals surface area contributed by atoms with Crippen molar-refractivity contribution >= 4 is 11.3 Å². The fourth-order valence-electron chi connectivity index (χ4n) is 3.84. The lowest BCUT2D eigenvalue weighted by atomic mass is 9.77. The number of likely N-dealkylation sites (tertiary alicyclic amines) is 1. The van der Waals surface area contributed by atoms with Gasteiger partial charge in [-0.05, 0) is 38.1 Å². The minimum absolute atomic E-state index is 0.0761. The summed E-state index contributed by atoms with van der Waals surface area (Å²) in [5, 5.41) is 13.8. The number of hydrogen-bond acceptors (Lipinski definition) is 4. The van der Waals surface area contributed by atoms with Crippen molar-refractivity contribution in [1.82, 2.24) is 9.88 Å². The van der Waals surface area contributed by atoms with Crippen molar-refractivity contribution in [3.63, 3.8) is 0 Å². The first-order valence-corrected chi connectivity index (χ1v) is 8.82. The van der Waals surface area contributed by atoms with E-state index in [1.54, 1.807) is 11.3 Å². The summed E-state index contributed by atoms with van der Waals surface area (Å²) >= 11 is 1.79. The minimum atomic E-state index is -0.0761. The molecule has 0 radical (unpaired) electrons. The zero-order valence-corrected chi connectivity index (χ0v) is 13.5. The summed E-state index contributed by atoms with van der Waals surface area (Å²) in [5.41, 5.74) is 1.41. The van der Waals surface area contributed by atoms with Crippen molar-refractivity contribution < 1.29 is 5.11 Å². The Kier molecular flexibility index (Phi) is 4.16. The van der Waals surface area contributed by atoms with Gasteiger partial charge in [-0.15, -0.1) is 11.3 Å². The molecule has 2 atom stereocenters. The number of thiazole rings is 1. The lowest BCUT2D eigenvalue weighted by Crippen LogP contribution is -2.46. The van der Waals surface area contributed by atoms with Gasteiger partial charge < -0.3 is 5.11 Å². The van der Waals surface area contributed by atoms with Gasteiger partial charge in [-0.2, -0.15) is 0 Å². The molecule has 1 N–H and O–H groups in total. The van der Waals surface area contributed by atoms with Gasteiger partial charge in [0.05, 0.1) is 18.3 Å². The van der Waals surface area contributed by atoms with Crippen molar-refractivity contribution in [3.8, 4) is 0 Å². The molecule has 0 bridgehead atoms. The molecule has 2 heterocycles. The normalized spacial score (nSPS) is 31.5. The monoisotopic (exact) mass is 294 g/mol. The van der Waals surface area contributed by atoms with Gasteiger partial charge in [-0.3, -0.25) is 4.90 Å². The van der Waals surface area contributed by atoms with Crippen LogP contribution in [0.1, 0.15) is 62.6 Å². The molecule has 1 saturated carbocycles. The van der Waals surface area contributed by atoms with E-state index in [1.807, 2.05) is 0 Å². The first-order chi connectivity index (χ1) is 9.59. The first-order valence-electron chi connectivity index (χ1n) is 7.94. The average Bonchev–Trinajstić information content (AvgIpc) is 2.99. The Hall–Kier alpha value is -0.450. The third-order valence-electron chi connectivity index (χ3n) is 5.07. The van der Waals surface area contributed by atoms with Crippen LogP contribution in [0.3, 0.4) is 0 Å². The van der Waals surface area contributed by atoms with Gasteiger partial charge in [0.2, 0.25) is 0 Å². The SMILES string of the molecule is CC(C)c1csc(CN2CCC[C@]3(CCC[C@H]3O)C2)n1. The fourth-order valence-corrected chi connectivity index (χ4v) is 4.84. The van der Waals surface area contributed by atoms with Crippen LogP contribution in [0.5, 0.6) is 0 Å². The Morgan fingerprint density at radius 2 is 2.25 bits per heavy atom. The maximum absolute atomic E-state index is 10.3. The molecule has 2 fully saturated rings. The maximum atomic E-state index is 10.3. The lowest BCUT2D eigenvalue weighted by molar-refractivity contribution is -0.0120. The van der Waals surface area contributed by atoms with Crippen LogP contribution in [0.25, 0.3) is 0 Å². The third-order valence-corrected chi connectivity index (χ3v) is 5.92. The molecule has 1 aromatic heterocycles. The van der Waals surface area contributed by atoms with E-state index in [-0.39, 0.29) is 11.5 Å². The number of aromatic nitrogens is 1. The van der Waals surface area contributed by atoms with Crippen LogP contribution in [0.15, 0.2) is 5.38 Å². The zero-order valence-electron chi connectivity index (χ0n) is 12.6. The second-order valence-corrected chi connectivity index (χ2v) is 7.85. The molecule has 20 heavy (non-hydrogen) atoms. The lowest BCUT2D eigenvalue weighted by Gasteiger charge is -2.42. The minimum Gasteiger partial charge on any atom is -0.393 e. The molecule has 0 unspecified atom stereocenters. The van der Waals surface area contributed by atoms with Crippen LogP contribution in [0.4, 0.5) is 0 Å². The molecule has 2 aliphatic rings. The quantitative estimate of drug-likeness (QED) is 0.928. The Balaban J connectivity index is 1.65. The molecule has 1 aromatic rings. The standard InChI is InChI=1S/C16H26N2OS/c1-12(2)13-10-20-15(17-13)9-18-8-4-7-16(11-18)6-3-5-14(16)19/h10,12,14,19H,3-9,11H2,1-2H3/t14-,16-/m1/s1. The molecule has 3 rings (SSSR count). The summed E-state index contributed by atoms with van der Waals surface area (Å²) in [6, 6.07) is 0. The van der Waals surface area contributed by atoms with E-state index in [9.17, 15) is 5.11 Å². The van der Waals surface area contributed by atoms with Crippen LogP contribution in [-0.2, 0) is 6.54 Å². The summed E-state index contributed by atoms with van der Waals surface area (Å²) in [7, 11) is 0. The van der Waals surface area contributed by atoms with E-state index in [2.05, 4.69) is 24.1 Å². The number of aliphatic hydroxyl groups excluding tert-OH is 1. The largest absolute Gasteiger partial charge is 0.393 e. The second-order valence-electron chi connectivity index (χ2n) is 6.91. The maximum Gasteiger partial charge on any atom is 0.107 e. The Labute approximate surface area is 126 Å². The molecule has 1 spiro atoms. The number of rotatable bonds is 3. The smallest absolute Gasteiger partial charge is 0.107 e. The highest BCUT2D eigenvalue weighted by molar-refractivity contribution is 7.09. The van der Waals surface area contributed by atoms with Crippen LogP contribution < -0.4 is 0 Å². The van der Waals surface area contributed by atoms with E-state index in [1.165, 1.54) is 36.4 Å². The Morgan fingerprint density at radius 1 is 1.45 bits per heavy atom. The fraction of sp³-hybridized carbons (Fsp3) is 0.812. The van der Waals surface area contributed by atoms with Gasteiger partial charge in [0.15, 0.2) is 0 Å². The molecule has 1 aliphatic carbocycles. The average molecular weight is 294 g/mol. The van der Waals surface area contributed by atoms with Gasteiger partial charge in [-0.1, -0.05) is 20.3 Å². The van der Waals surface area contributed by atoms with Crippen molar-refractivity contribution in [2.75, 3.05) is 13.1 Å². The first kappa shape index (κ1) is 14.5. The number of piperidine rings is 1. The van der Waals surface area contributed by atoms with Crippen molar-refractivity contribution in [3.05, 3.63) is 16.1 Å².